The van der Waals surface area contributed by atoms with Gasteiger partial charge in [0.2, 0.25) is 6.04 Å². The zero-order chi connectivity index (χ0) is 18.0. The minimum atomic E-state index is -4.46. The van der Waals surface area contributed by atoms with E-state index in [0.29, 0.717) is 18.7 Å². The first-order valence-electron chi connectivity index (χ1n) is 7.91. The predicted octanol–water partition coefficient (Wildman–Crippen LogP) is 3.95. The first-order chi connectivity index (χ1) is 11.8. The second-order valence-corrected chi connectivity index (χ2v) is 6.26. The van der Waals surface area contributed by atoms with E-state index >= 15 is 0 Å². The van der Waals surface area contributed by atoms with Crippen LogP contribution in [-0.2, 0) is 12.7 Å². The lowest BCUT2D eigenvalue weighted by molar-refractivity contribution is -0.521. The number of nitrogens with zero attached hydrogens (tertiary/aromatic N) is 2. The van der Waals surface area contributed by atoms with E-state index in [1.165, 1.54) is 6.07 Å². The molecule has 0 radical (unpaired) electrons. The van der Waals surface area contributed by atoms with Crippen LogP contribution in [0.1, 0.15) is 22.6 Å². The number of halogens is 3. The zero-order valence-electron chi connectivity index (χ0n) is 13.3. The van der Waals surface area contributed by atoms with E-state index < -0.39 is 23.7 Å². The fourth-order valence-electron chi connectivity index (χ4n) is 3.32. The molecule has 0 aromatic heterocycles. The molecule has 2 atom stereocenters. The number of hydrogen-bond acceptors (Lipinski definition) is 3. The quantitative estimate of drug-likeness (QED) is 0.620. The highest BCUT2D eigenvalue weighted by atomic mass is 19.4. The van der Waals surface area contributed by atoms with Crippen molar-refractivity contribution in [1.29, 1.82) is 0 Å². The first-order valence-corrected chi connectivity index (χ1v) is 7.91. The third kappa shape index (κ3) is 3.99. The summed E-state index contributed by atoms with van der Waals surface area (Å²) in [5.74, 6) is -0.555. The number of nitro groups is 1. The molecule has 1 aliphatic heterocycles. The molecule has 2 aromatic carbocycles. The van der Waals surface area contributed by atoms with Crippen molar-refractivity contribution < 1.29 is 18.1 Å². The van der Waals surface area contributed by atoms with Crippen LogP contribution in [0.25, 0.3) is 0 Å². The molecule has 7 heteroatoms. The zero-order valence-corrected chi connectivity index (χ0v) is 13.3. The van der Waals surface area contributed by atoms with Crippen molar-refractivity contribution >= 4 is 0 Å². The van der Waals surface area contributed by atoms with E-state index in [4.69, 9.17) is 0 Å². The number of likely N-dealkylation sites (tertiary alicyclic amines) is 1. The molecule has 2 aromatic rings. The highest BCUT2D eigenvalue weighted by Gasteiger charge is 2.42. The Morgan fingerprint density at radius 1 is 1.08 bits per heavy atom. The molecule has 1 heterocycles. The fourth-order valence-corrected chi connectivity index (χ4v) is 3.32. The summed E-state index contributed by atoms with van der Waals surface area (Å²) < 4.78 is 38.8. The standard InChI is InChI=1S/C18H17F3N2O2/c19-18(20,21)15-8-4-7-14(9-15)16-11-22(12-17(16)23(24)25)10-13-5-2-1-3-6-13/h1-9,16-17H,10-12H2. The van der Waals surface area contributed by atoms with Gasteiger partial charge < -0.3 is 0 Å². The summed E-state index contributed by atoms with van der Waals surface area (Å²) in [6, 6.07) is 13.5. The Morgan fingerprint density at radius 3 is 2.44 bits per heavy atom. The summed E-state index contributed by atoms with van der Waals surface area (Å²) in [6.45, 7) is 1.13. The van der Waals surface area contributed by atoms with Crippen molar-refractivity contribution in [3.63, 3.8) is 0 Å². The molecule has 0 spiro atoms. The molecule has 132 valence electrons. The van der Waals surface area contributed by atoms with Gasteiger partial charge in [0, 0.05) is 18.0 Å². The molecule has 0 amide bonds. The molecule has 1 aliphatic rings. The van der Waals surface area contributed by atoms with Crippen molar-refractivity contribution in [3.8, 4) is 0 Å². The van der Waals surface area contributed by atoms with Gasteiger partial charge in [0.1, 0.15) is 0 Å². The van der Waals surface area contributed by atoms with Crippen molar-refractivity contribution in [2.75, 3.05) is 13.1 Å². The Bertz CT molecular complexity index is 749. The van der Waals surface area contributed by atoms with Crippen molar-refractivity contribution in [2.24, 2.45) is 0 Å². The molecule has 2 unspecified atom stereocenters. The smallest absolute Gasteiger partial charge is 0.292 e. The highest BCUT2D eigenvalue weighted by Crippen LogP contribution is 2.35. The van der Waals surface area contributed by atoms with Crippen LogP contribution in [-0.4, -0.2) is 29.0 Å². The van der Waals surface area contributed by atoms with E-state index in [2.05, 4.69) is 0 Å². The largest absolute Gasteiger partial charge is 0.416 e. The summed E-state index contributed by atoms with van der Waals surface area (Å²) in [4.78, 5) is 13.0. The molecule has 0 saturated carbocycles. The Hall–Kier alpha value is -2.41. The topological polar surface area (TPSA) is 46.4 Å². The third-order valence-corrected chi connectivity index (χ3v) is 4.53. The van der Waals surface area contributed by atoms with E-state index in [1.54, 1.807) is 6.07 Å². The van der Waals surface area contributed by atoms with E-state index in [-0.39, 0.29) is 11.5 Å². The molecule has 1 saturated heterocycles. The molecule has 0 aliphatic carbocycles. The van der Waals surface area contributed by atoms with Gasteiger partial charge in [-0.2, -0.15) is 13.2 Å². The van der Waals surface area contributed by atoms with Crippen LogP contribution < -0.4 is 0 Å². The van der Waals surface area contributed by atoms with Gasteiger partial charge in [0.05, 0.1) is 18.0 Å². The van der Waals surface area contributed by atoms with E-state index in [1.807, 2.05) is 35.2 Å². The lowest BCUT2D eigenvalue weighted by Crippen LogP contribution is -2.28. The van der Waals surface area contributed by atoms with Crippen LogP contribution in [0, 0.1) is 10.1 Å². The minimum Gasteiger partial charge on any atom is -0.292 e. The van der Waals surface area contributed by atoms with Gasteiger partial charge >= 0.3 is 6.18 Å². The van der Waals surface area contributed by atoms with Gasteiger partial charge in [-0.3, -0.25) is 15.0 Å². The highest BCUT2D eigenvalue weighted by molar-refractivity contribution is 5.30. The van der Waals surface area contributed by atoms with Gasteiger partial charge in [0.15, 0.2) is 0 Å². The summed E-state index contributed by atoms with van der Waals surface area (Å²) in [5.41, 5.74) is 0.620. The van der Waals surface area contributed by atoms with Gasteiger partial charge in [-0.15, -0.1) is 0 Å². The number of hydrogen-bond donors (Lipinski definition) is 0. The maximum atomic E-state index is 12.9. The Balaban J connectivity index is 1.83. The summed E-state index contributed by atoms with van der Waals surface area (Å²) in [5, 5.41) is 11.4. The summed E-state index contributed by atoms with van der Waals surface area (Å²) in [6.07, 6.45) is -4.46. The predicted molar refractivity (Wildman–Crippen MR) is 86.7 cm³/mol. The molecule has 1 fully saturated rings. The summed E-state index contributed by atoms with van der Waals surface area (Å²) in [7, 11) is 0. The second-order valence-electron chi connectivity index (χ2n) is 6.26. The van der Waals surface area contributed by atoms with Gasteiger partial charge in [-0.1, -0.05) is 48.5 Å². The Kier molecular flexibility index (Phi) is 4.76. The molecule has 0 N–H and O–H groups in total. The molecular formula is C18H17F3N2O2. The molecule has 3 rings (SSSR count). The van der Waals surface area contributed by atoms with Crippen LogP contribution in [0.2, 0.25) is 0 Å². The lowest BCUT2D eigenvalue weighted by Gasteiger charge is -2.16. The normalized spacial score (nSPS) is 21.4. The Labute approximate surface area is 143 Å². The maximum absolute atomic E-state index is 12.9. The average molecular weight is 350 g/mol. The van der Waals surface area contributed by atoms with Gasteiger partial charge in [0.25, 0.3) is 0 Å². The fraction of sp³-hybridized carbons (Fsp3) is 0.333. The molecular weight excluding hydrogens is 333 g/mol. The van der Waals surface area contributed by atoms with Gasteiger partial charge in [-0.25, -0.2) is 0 Å². The van der Waals surface area contributed by atoms with Crippen LogP contribution in [0.4, 0.5) is 13.2 Å². The molecule has 25 heavy (non-hydrogen) atoms. The van der Waals surface area contributed by atoms with Crippen LogP contribution in [0.3, 0.4) is 0 Å². The van der Waals surface area contributed by atoms with Crippen molar-refractivity contribution in [2.45, 2.75) is 24.7 Å². The third-order valence-electron chi connectivity index (χ3n) is 4.53. The maximum Gasteiger partial charge on any atom is 0.416 e. The van der Waals surface area contributed by atoms with Crippen LogP contribution in [0.15, 0.2) is 54.6 Å². The number of alkyl halides is 3. The van der Waals surface area contributed by atoms with Crippen molar-refractivity contribution in [1.82, 2.24) is 4.90 Å². The SMILES string of the molecule is O=[N+]([O-])C1CN(Cc2ccccc2)CC1c1cccc(C(F)(F)F)c1. The molecule has 0 bridgehead atoms. The summed E-state index contributed by atoms with van der Waals surface area (Å²) >= 11 is 0. The molecule has 4 nitrogen and oxygen atoms in total. The number of rotatable bonds is 4. The number of benzene rings is 2. The van der Waals surface area contributed by atoms with E-state index in [0.717, 1.165) is 17.7 Å². The van der Waals surface area contributed by atoms with Gasteiger partial charge in [-0.05, 0) is 17.2 Å². The average Bonchev–Trinajstić information content (AvgIpc) is 2.99. The Morgan fingerprint density at radius 2 is 1.80 bits per heavy atom. The van der Waals surface area contributed by atoms with Crippen molar-refractivity contribution in [3.05, 3.63) is 81.4 Å². The minimum absolute atomic E-state index is 0.225. The first kappa shape index (κ1) is 17.4. The monoisotopic (exact) mass is 350 g/mol. The lowest BCUT2D eigenvalue weighted by atomic mass is 9.93. The van der Waals surface area contributed by atoms with Crippen LogP contribution >= 0.6 is 0 Å². The second kappa shape index (κ2) is 6.84. The van der Waals surface area contributed by atoms with E-state index in [9.17, 15) is 23.3 Å². The van der Waals surface area contributed by atoms with Crippen LogP contribution in [0.5, 0.6) is 0 Å².